The lowest BCUT2D eigenvalue weighted by atomic mass is 9.87. The van der Waals surface area contributed by atoms with E-state index in [0.29, 0.717) is 37.0 Å². The van der Waals surface area contributed by atoms with Crippen LogP contribution in [0.1, 0.15) is 18.4 Å². The molecular weight excluding hydrogens is 230 g/mol. The van der Waals surface area contributed by atoms with Gasteiger partial charge >= 0.3 is 0 Å². The second kappa shape index (κ2) is 4.57. The molecule has 1 saturated heterocycles. The zero-order chi connectivity index (χ0) is 11.6. The van der Waals surface area contributed by atoms with Gasteiger partial charge in [0.1, 0.15) is 5.02 Å². The first-order chi connectivity index (χ1) is 7.65. The summed E-state index contributed by atoms with van der Waals surface area (Å²) in [6, 6.07) is 1.71. The first-order valence-electron chi connectivity index (χ1n) is 5.16. The number of methoxy groups -OCH3 is 1. The van der Waals surface area contributed by atoms with E-state index < -0.39 is 5.60 Å². The summed E-state index contributed by atoms with van der Waals surface area (Å²) in [5.74, 6) is 0.376. The summed E-state index contributed by atoms with van der Waals surface area (Å²) < 4.78 is 10.2. The maximum Gasteiger partial charge on any atom is 0.232 e. The van der Waals surface area contributed by atoms with E-state index in [-0.39, 0.29) is 0 Å². The van der Waals surface area contributed by atoms with Crippen LogP contribution in [0.15, 0.2) is 12.3 Å². The van der Waals surface area contributed by atoms with E-state index in [0.717, 1.165) is 5.56 Å². The summed E-state index contributed by atoms with van der Waals surface area (Å²) in [5, 5.41) is 10.8. The highest BCUT2D eigenvalue weighted by Crippen LogP contribution is 2.34. The van der Waals surface area contributed by atoms with Crippen molar-refractivity contribution in [3.05, 3.63) is 22.8 Å². The van der Waals surface area contributed by atoms with E-state index in [2.05, 4.69) is 4.98 Å². The van der Waals surface area contributed by atoms with Gasteiger partial charge in [0, 0.05) is 37.8 Å². The van der Waals surface area contributed by atoms with E-state index in [1.54, 1.807) is 12.3 Å². The molecule has 0 bridgehead atoms. The SMILES string of the molecule is COc1ncc(C2(O)CCOCC2)cc1Cl. The van der Waals surface area contributed by atoms with Crippen LogP contribution < -0.4 is 4.74 Å². The molecule has 88 valence electrons. The first kappa shape index (κ1) is 11.6. The average Bonchev–Trinajstić information content (AvgIpc) is 2.30. The van der Waals surface area contributed by atoms with Gasteiger partial charge in [0.25, 0.3) is 0 Å². The molecule has 1 aliphatic heterocycles. The smallest absolute Gasteiger partial charge is 0.232 e. The zero-order valence-corrected chi connectivity index (χ0v) is 9.83. The van der Waals surface area contributed by atoms with Crippen molar-refractivity contribution in [2.75, 3.05) is 20.3 Å². The molecular formula is C11H14ClNO3. The van der Waals surface area contributed by atoms with E-state index in [1.807, 2.05) is 0 Å². The Kier molecular flexibility index (Phi) is 3.33. The Morgan fingerprint density at radius 3 is 2.75 bits per heavy atom. The normalized spacial score (nSPS) is 19.4. The molecule has 16 heavy (non-hydrogen) atoms. The Morgan fingerprint density at radius 2 is 2.19 bits per heavy atom. The van der Waals surface area contributed by atoms with Crippen LogP contribution in [0, 0.1) is 0 Å². The quantitative estimate of drug-likeness (QED) is 0.860. The summed E-state index contributed by atoms with van der Waals surface area (Å²) in [6.07, 6.45) is 2.74. The van der Waals surface area contributed by atoms with E-state index >= 15 is 0 Å². The van der Waals surface area contributed by atoms with Gasteiger partial charge in [-0.25, -0.2) is 4.98 Å². The molecule has 0 unspecified atom stereocenters. The number of aromatic nitrogens is 1. The van der Waals surface area contributed by atoms with Gasteiger partial charge in [-0.05, 0) is 6.07 Å². The molecule has 1 aliphatic rings. The fourth-order valence-electron chi connectivity index (χ4n) is 1.83. The Morgan fingerprint density at radius 1 is 1.50 bits per heavy atom. The van der Waals surface area contributed by atoms with Crippen molar-refractivity contribution in [1.29, 1.82) is 0 Å². The molecule has 0 spiro atoms. The van der Waals surface area contributed by atoms with Crippen LogP contribution in [-0.4, -0.2) is 30.4 Å². The van der Waals surface area contributed by atoms with Crippen molar-refractivity contribution in [3.63, 3.8) is 0 Å². The Hall–Kier alpha value is -0.840. The van der Waals surface area contributed by atoms with E-state index in [9.17, 15) is 5.11 Å². The van der Waals surface area contributed by atoms with E-state index in [1.165, 1.54) is 7.11 Å². The van der Waals surface area contributed by atoms with Gasteiger partial charge in [-0.1, -0.05) is 11.6 Å². The maximum atomic E-state index is 10.4. The Labute approximate surface area is 99.2 Å². The number of rotatable bonds is 2. The van der Waals surface area contributed by atoms with Gasteiger partial charge in [0.15, 0.2) is 0 Å². The highest BCUT2D eigenvalue weighted by Gasteiger charge is 2.32. The number of halogens is 1. The molecule has 0 amide bonds. The van der Waals surface area contributed by atoms with Crippen molar-refractivity contribution in [2.24, 2.45) is 0 Å². The average molecular weight is 244 g/mol. The second-order valence-corrected chi connectivity index (χ2v) is 4.27. The van der Waals surface area contributed by atoms with Gasteiger partial charge in [-0.15, -0.1) is 0 Å². The molecule has 1 fully saturated rings. The molecule has 1 N–H and O–H groups in total. The van der Waals surface area contributed by atoms with Gasteiger partial charge in [-0.3, -0.25) is 0 Å². The van der Waals surface area contributed by atoms with Crippen molar-refractivity contribution < 1.29 is 14.6 Å². The minimum atomic E-state index is -0.874. The topological polar surface area (TPSA) is 51.6 Å². The van der Waals surface area contributed by atoms with Crippen LogP contribution >= 0.6 is 11.6 Å². The largest absolute Gasteiger partial charge is 0.480 e. The number of nitrogens with zero attached hydrogens (tertiary/aromatic N) is 1. The van der Waals surface area contributed by atoms with Gasteiger partial charge in [-0.2, -0.15) is 0 Å². The number of hydrogen-bond acceptors (Lipinski definition) is 4. The maximum absolute atomic E-state index is 10.4. The lowest BCUT2D eigenvalue weighted by Gasteiger charge is -2.32. The fraction of sp³-hybridized carbons (Fsp3) is 0.545. The van der Waals surface area contributed by atoms with Crippen LogP contribution in [-0.2, 0) is 10.3 Å². The van der Waals surface area contributed by atoms with Crippen molar-refractivity contribution in [2.45, 2.75) is 18.4 Å². The fourth-order valence-corrected chi connectivity index (χ4v) is 2.07. The zero-order valence-electron chi connectivity index (χ0n) is 9.07. The third-order valence-corrected chi connectivity index (χ3v) is 3.13. The van der Waals surface area contributed by atoms with Crippen LogP contribution in [0.2, 0.25) is 5.02 Å². The molecule has 0 saturated carbocycles. The van der Waals surface area contributed by atoms with Gasteiger partial charge < -0.3 is 14.6 Å². The highest BCUT2D eigenvalue weighted by atomic mass is 35.5. The molecule has 4 nitrogen and oxygen atoms in total. The van der Waals surface area contributed by atoms with Gasteiger partial charge in [0.05, 0.1) is 12.7 Å². The summed E-state index contributed by atoms with van der Waals surface area (Å²) in [5.41, 5.74) is -0.150. The molecule has 5 heteroatoms. The molecule has 0 radical (unpaired) electrons. The molecule has 0 aliphatic carbocycles. The monoisotopic (exact) mass is 243 g/mol. The Balaban J connectivity index is 2.29. The number of aliphatic hydroxyl groups is 1. The molecule has 2 heterocycles. The molecule has 2 rings (SSSR count). The highest BCUT2D eigenvalue weighted by molar-refractivity contribution is 6.31. The predicted octanol–water partition coefficient (Wildman–Crippen LogP) is 1.74. The van der Waals surface area contributed by atoms with Crippen molar-refractivity contribution in [3.8, 4) is 5.88 Å². The minimum Gasteiger partial charge on any atom is -0.480 e. The van der Waals surface area contributed by atoms with E-state index in [4.69, 9.17) is 21.1 Å². The van der Waals surface area contributed by atoms with Gasteiger partial charge in [0.2, 0.25) is 5.88 Å². The first-order valence-corrected chi connectivity index (χ1v) is 5.54. The van der Waals surface area contributed by atoms with Crippen LogP contribution in [0.3, 0.4) is 0 Å². The summed E-state index contributed by atoms with van der Waals surface area (Å²) in [4.78, 5) is 4.06. The summed E-state index contributed by atoms with van der Waals surface area (Å²) >= 11 is 5.98. The standard InChI is InChI=1S/C11H14ClNO3/c1-15-10-9(12)6-8(7-13-10)11(14)2-4-16-5-3-11/h6-7,14H,2-5H2,1H3. The molecule has 1 aromatic rings. The third kappa shape index (κ3) is 2.14. The molecule has 0 aromatic carbocycles. The second-order valence-electron chi connectivity index (χ2n) is 3.86. The summed E-state index contributed by atoms with van der Waals surface area (Å²) in [7, 11) is 1.51. The van der Waals surface area contributed by atoms with Crippen molar-refractivity contribution >= 4 is 11.6 Å². The minimum absolute atomic E-state index is 0.376. The number of ether oxygens (including phenoxy) is 2. The predicted molar refractivity (Wildman–Crippen MR) is 59.7 cm³/mol. The van der Waals surface area contributed by atoms with Crippen LogP contribution in [0.4, 0.5) is 0 Å². The number of hydrogen-bond donors (Lipinski definition) is 1. The lowest BCUT2D eigenvalue weighted by molar-refractivity contribution is -0.0681. The van der Waals surface area contributed by atoms with Crippen molar-refractivity contribution in [1.82, 2.24) is 4.98 Å². The number of pyridine rings is 1. The van der Waals surface area contributed by atoms with Crippen LogP contribution in [0.25, 0.3) is 0 Å². The molecule has 1 aromatic heterocycles. The summed E-state index contributed by atoms with van der Waals surface area (Å²) in [6.45, 7) is 1.11. The van der Waals surface area contributed by atoms with Crippen LogP contribution in [0.5, 0.6) is 5.88 Å². The third-order valence-electron chi connectivity index (χ3n) is 2.86. The lowest BCUT2D eigenvalue weighted by Crippen LogP contribution is -2.33. The molecule has 0 atom stereocenters. The Bertz CT molecular complexity index is 377.